The molecule has 2 aliphatic rings. The Labute approximate surface area is 195 Å². The average molecular weight is 524 g/mol. The maximum atomic E-state index is 12.7. The molecule has 2 N–H and O–H groups in total. The standard InChI is InChI=1S/C23H32N4O2.HI/c1-3-24-23(25-14-21-16(2)19-10-6-7-11-20(19)29-21)26-18-12-13-27(15-18)22(28)17-8-4-5-9-17;/h6-7,10-11,17-18H,3-5,8-9,12-15H2,1-2H3,(H2,24,25,26);1H. The predicted molar refractivity (Wildman–Crippen MR) is 131 cm³/mol. The summed E-state index contributed by atoms with van der Waals surface area (Å²) in [6, 6.07) is 8.34. The minimum atomic E-state index is 0. The van der Waals surface area contributed by atoms with Crippen molar-refractivity contribution < 1.29 is 9.21 Å². The summed E-state index contributed by atoms with van der Waals surface area (Å²) in [5.74, 6) is 2.29. The van der Waals surface area contributed by atoms with Crippen molar-refractivity contribution >= 4 is 46.8 Å². The molecule has 2 fully saturated rings. The molecule has 4 rings (SSSR count). The Bertz CT molecular complexity index is 888. The molecular formula is C23H33IN4O2. The number of guanidine groups is 1. The summed E-state index contributed by atoms with van der Waals surface area (Å²) in [6.07, 6.45) is 5.49. The van der Waals surface area contributed by atoms with E-state index in [-0.39, 0.29) is 35.9 Å². The number of carbonyl (C=O) groups excluding carboxylic acids is 1. The van der Waals surface area contributed by atoms with Gasteiger partial charge in [0.1, 0.15) is 17.9 Å². The number of para-hydroxylation sites is 1. The highest BCUT2D eigenvalue weighted by atomic mass is 127. The van der Waals surface area contributed by atoms with E-state index in [1.807, 2.05) is 23.1 Å². The van der Waals surface area contributed by atoms with Crippen LogP contribution >= 0.6 is 24.0 Å². The van der Waals surface area contributed by atoms with Crippen LogP contribution in [-0.4, -0.2) is 42.4 Å². The molecule has 1 aliphatic carbocycles. The minimum Gasteiger partial charge on any atom is -0.459 e. The second-order valence-electron chi connectivity index (χ2n) is 8.24. The normalized spacial score (nSPS) is 19.9. The first kappa shape index (κ1) is 22.9. The summed E-state index contributed by atoms with van der Waals surface area (Å²) < 4.78 is 5.99. The molecule has 164 valence electrons. The lowest BCUT2D eigenvalue weighted by Gasteiger charge is -2.21. The zero-order valence-corrected chi connectivity index (χ0v) is 20.3. The summed E-state index contributed by atoms with van der Waals surface area (Å²) in [6.45, 7) is 7.04. The van der Waals surface area contributed by atoms with E-state index in [2.05, 4.69) is 30.5 Å². The molecule has 1 aromatic heterocycles. The monoisotopic (exact) mass is 524 g/mol. The van der Waals surface area contributed by atoms with Crippen LogP contribution in [0.15, 0.2) is 33.7 Å². The number of aliphatic imine (C=N–C) groups is 1. The number of fused-ring (bicyclic) bond motifs is 1. The second kappa shape index (κ2) is 10.5. The molecule has 1 saturated heterocycles. The number of likely N-dealkylation sites (tertiary alicyclic amines) is 1. The lowest BCUT2D eigenvalue weighted by molar-refractivity contribution is -0.134. The first-order valence-corrected chi connectivity index (χ1v) is 11.0. The molecule has 0 spiro atoms. The number of rotatable bonds is 5. The van der Waals surface area contributed by atoms with Gasteiger partial charge in [0.05, 0.1) is 0 Å². The first-order valence-electron chi connectivity index (χ1n) is 11.0. The number of amides is 1. The number of hydrogen-bond donors (Lipinski definition) is 2. The molecule has 1 saturated carbocycles. The molecule has 30 heavy (non-hydrogen) atoms. The van der Waals surface area contributed by atoms with Crippen LogP contribution < -0.4 is 10.6 Å². The number of furan rings is 1. The predicted octanol–water partition coefficient (Wildman–Crippen LogP) is 4.21. The van der Waals surface area contributed by atoms with Crippen LogP contribution in [0.5, 0.6) is 0 Å². The summed E-state index contributed by atoms with van der Waals surface area (Å²) >= 11 is 0. The van der Waals surface area contributed by atoms with Gasteiger partial charge >= 0.3 is 0 Å². The van der Waals surface area contributed by atoms with Gasteiger partial charge in [0.15, 0.2) is 5.96 Å². The van der Waals surface area contributed by atoms with Gasteiger partial charge in [-0.15, -0.1) is 24.0 Å². The van der Waals surface area contributed by atoms with E-state index in [0.29, 0.717) is 12.5 Å². The quantitative estimate of drug-likeness (QED) is 0.350. The molecule has 1 atom stereocenters. The molecule has 1 aromatic carbocycles. The lowest BCUT2D eigenvalue weighted by atomic mass is 10.1. The number of nitrogens with one attached hydrogen (secondary N) is 2. The Morgan fingerprint density at radius 2 is 2.00 bits per heavy atom. The third kappa shape index (κ3) is 5.10. The molecule has 0 bridgehead atoms. The zero-order chi connectivity index (χ0) is 20.2. The Morgan fingerprint density at radius 3 is 2.73 bits per heavy atom. The third-order valence-electron chi connectivity index (χ3n) is 6.21. The van der Waals surface area contributed by atoms with Crippen molar-refractivity contribution in [3.8, 4) is 0 Å². The van der Waals surface area contributed by atoms with Crippen molar-refractivity contribution in [2.75, 3.05) is 19.6 Å². The molecular weight excluding hydrogens is 491 g/mol. The van der Waals surface area contributed by atoms with E-state index in [9.17, 15) is 4.79 Å². The van der Waals surface area contributed by atoms with Crippen molar-refractivity contribution in [1.82, 2.24) is 15.5 Å². The van der Waals surface area contributed by atoms with Crippen molar-refractivity contribution in [3.63, 3.8) is 0 Å². The van der Waals surface area contributed by atoms with Crippen LogP contribution in [0.25, 0.3) is 11.0 Å². The number of hydrogen-bond acceptors (Lipinski definition) is 3. The fourth-order valence-corrected chi connectivity index (χ4v) is 4.55. The van der Waals surface area contributed by atoms with Crippen LogP contribution in [0, 0.1) is 12.8 Å². The van der Waals surface area contributed by atoms with Gasteiger partial charge in [-0.05, 0) is 39.2 Å². The van der Waals surface area contributed by atoms with E-state index in [4.69, 9.17) is 9.41 Å². The van der Waals surface area contributed by atoms with Crippen molar-refractivity contribution in [2.45, 2.75) is 58.5 Å². The lowest BCUT2D eigenvalue weighted by Crippen LogP contribution is -2.45. The second-order valence-corrected chi connectivity index (χ2v) is 8.24. The highest BCUT2D eigenvalue weighted by Crippen LogP contribution is 2.28. The molecule has 2 aromatic rings. The largest absolute Gasteiger partial charge is 0.459 e. The SMILES string of the molecule is CCNC(=NCc1oc2ccccc2c1C)NC1CCN(C(=O)C2CCCC2)C1.I. The minimum absolute atomic E-state index is 0. The van der Waals surface area contributed by atoms with Crippen LogP contribution in [0.1, 0.15) is 50.4 Å². The van der Waals surface area contributed by atoms with Gasteiger partial charge in [0.2, 0.25) is 5.91 Å². The van der Waals surface area contributed by atoms with Gasteiger partial charge in [0, 0.05) is 42.5 Å². The van der Waals surface area contributed by atoms with Crippen molar-refractivity contribution in [3.05, 3.63) is 35.6 Å². The topological polar surface area (TPSA) is 69.9 Å². The van der Waals surface area contributed by atoms with E-state index < -0.39 is 0 Å². The Balaban J connectivity index is 0.00000256. The summed E-state index contributed by atoms with van der Waals surface area (Å²) in [4.78, 5) is 19.5. The van der Waals surface area contributed by atoms with E-state index >= 15 is 0 Å². The third-order valence-corrected chi connectivity index (χ3v) is 6.21. The average Bonchev–Trinajstić information content (AvgIpc) is 3.47. The van der Waals surface area contributed by atoms with Crippen LogP contribution in [-0.2, 0) is 11.3 Å². The Morgan fingerprint density at radius 1 is 1.23 bits per heavy atom. The molecule has 1 unspecified atom stereocenters. The van der Waals surface area contributed by atoms with Gasteiger partial charge in [-0.25, -0.2) is 4.99 Å². The van der Waals surface area contributed by atoms with Gasteiger partial charge < -0.3 is 20.0 Å². The summed E-state index contributed by atoms with van der Waals surface area (Å²) in [5.41, 5.74) is 2.06. The molecule has 2 heterocycles. The van der Waals surface area contributed by atoms with Crippen molar-refractivity contribution in [1.29, 1.82) is 0 Å². The molecule has 1 amide bonds. The summed E-state index contributed by atoms with van der Waals surface area (Å²) in [7, 11) is 0. The maximum Gasteiger partial charge on any atom is 0.225 e. The zero-order valence-electron chi connectivity index (χ0n) is 17.9. The van der Waals surface area contributed by atoms with Gasteiger partial charge in [-0.3, -0.25) is 4.79 Å². The van der Waals surface area contributed by atoms with Crippen LogP contribution in [0.2, 0.25) is 0 Å². The number of benzene rings is 1. The number of halogens is 1. The maximum absolute atomic E-state index is 12.7. The van der Waals surface area contributed by atoms with E-state index in [1.54, 1.807) is 0 Å². The highest BCUT2D eigenvalue weighted by Gasteiger charge is 2.32. The van der Waals surface area contributed by atoms with Gasteiger partial charge in [-0.1, -0.05) is 31.0 Å². The van der Waals surface area contributed by atoms with E-state index in [0.717, 1.165) is 67.1 Å². The molecule has 0 radical (unpaired) electrons. The van der Waals surface area contributed by atoms with E-state index in [1.165, 1.54) is 12.8 Å². The number of nitrogens with zero attached hydrogens (tertiary/aromatic N) is 2. The van der Waals surface area contributed by atoms with Crippen LogP contribution in [0.3, 0.4) is 0 Å². The summed E-state index contributed by atoms with van der Waals surface area (Å²) in [5, 5.41) is 7.99. The first-order chi connectivity index (χ1) is 14.2. The molecule has 1 aliphatic heterocycles. The Kier molecular flexibility index (Phi) is 8.02. The smallest absolute Gasteiger partial charge is 0.225 e. The Hall–Kier alpha value is -1.77. The van der Waals surface area contributed by atoms with Gasteiger partial charge in [-0.2, -0.15) is 0 Å². The highest BCUT2D eigenvalue weighted by molar-refractivity contribution is 14.0. The fraction of sp³-hybridized carbons (Fsp3) is 0.565. The molecule has 6 nitrogen and oxygen atoms in total. The fourth-order valence-electron chi connectivity index (χ4n) is 4.55. The number of carbonyl (C=O) groups is 1. The van der Waals surface area contributed by atoms with Gasteiger partial charge in [0.25, 0.3) is 0 Å². The number of aryl methyl sites for hydroxylation is 1. The van der Waals surface area contributed by atoms with Crippen molar-refractivity contribution in [2.24, 2.45) is 10.9 Å². The van der Waals surface area contributed by atoms with Crippen LogP contribution in [0.4, 0.5) is 0 Å². The molecule has 7 heteroatoms.